The normalized spacial score (nSPS) is 10.8. The monoisotopic (exact) mass is 419 g/mol. The van der Waals surface area contributed by atoms with Crippen LogP contribution in [0.15, 0.2) is 47.1 Å². The average Bonchev–Trinajstić information content (AvgIpc) is 2.60. The van der Waals surface area contributed by atoms with Gasteiger partial charge in [-0.3, -0.25) is 9.78 Å². The summed E-state index contributed by atoms with van der Waals surface area (Å²) in [6.07, 6.45) is 1.40. The Morgan fingerprint density at radius 2 is 1.92 bits per heavy atom. The largest absolute Gasteiger partial charge is 0.365 e. The van der Waals surface area contributed by atoms with Crippen LogP contribution in [-0.4, -0.2) is 24.5 Å². The first kappa shape index (κ1) is 18.3. The number of benzene rings is 2. The van der Waals surface area contributed by atoms with Crippen molar-refractivity contribution in [3.8, 4) is 0 Å². The summed E-state index contributed by atoms with van der Waals surface area (Å²) in [4.78, 5) is 17.8. The molecule has 134 valence electrons. The van der Waals surface area contributed by atoms with Gasteiger partial charge in [0.2, 0.25) is 5.91 Å². The second-order valence-electron chi connectivity index (χ2n) is 5.95. The highest BCUT2D eigenvalue weighted by atomic mass is 79.9. The van der Waals surface area contributed by atoms with E-state index < -0.39 is 11.6 Å². The molecule has 0 saturated carbocycles. The van der Waals surface area contributed by atoms with Gasteiger partial charge in [0.05, 0.1) is 17.6 Å². The third-order valence-electron chi connectivity index (χ3n) is 4.02. The lowest BCUT2D eigenvalue weighted by molar-refractivity contribution is -0.114. The van der Waals surface area contributed by atoms with Crippen molar-refractivity contribution in [2.75, 3.05) is 23.8 Å². The Morgan fingerprint density at radius 3 is 2.65 bits per heavy atom. The lowest BCUT2D eigenvalue weighted by Gasteiger charge is -2.21. The molecule has 1 heterocycles. The number of anilines is 2. The second-order valence-corrected chi connectivity index (χ2v) is 6.86. The Balaban J connectivity index is 1.84. The number of hydrogen-bond donors (Lipinski definition) is 1. The molecule has 0 fully saturated rings. The Hall–Kier alpha value is -2.54. The molecule has 26 heavy (non-hydrogen) atoms. The number of carbonyl (C=O) groups is 1. The average molecular weight is 420 g/mol. The van der Waals surface area contributed by atoms with Gasteiger partial charge in [-0.15, -0.1) is 0 Å². The molecule has 0 atom stereocenters. The Kier molecular flexibility index (Phi) is 5.18. The highest BCUT2D eigenvalue weighted by molar-refractivity contribution is 9.10. The lowest BCUT2D eigenvalue weighted by atomic mass is 10.1. The van der Waals surface area contributed by atoms with Crippen LogP contribution in [0.4, 0.5) is 20.2 Å². The predicted molar refractivity (Wildman–Crippen MR) is 102 cm³/mol. The number of aromatic nitrogens is 1. The molecule has 1 aromatic heterocycles. The molecule has 0 aliphatic heterocycles. The number of carbonyl (C=O) groups excluding carboxylic acids is 1. The van der Waals surface area contributed by atoms with Gasteiger partial charge in [0.1, 0.15) is 17.2 Å². The van der Waals surface area contributed by atoms with Gasteiger partial charge in [-0.1, -0.05) is 15.9 Å². The van der Waals surface area contributed by atoms with Crippen molar-refractivity contribution >= 4 is 44.1 Å². The summed E-state index contributed by atoms with van der Waals surface area (Å²) in [5, 5.41) is 2.89. The van der Waals surface area contributed by atoms with Gasteiger partial charge < -0.3 is 10.2 Å². The quantitative estimate of drug-likeness (QED) is 0.668. The van der Waals surface area contributed by atoms with E-state index in [1.165, 1.54) is 6.20 Å². The van der Waals surface area contributed by atoms with Crippen LogP contribution in [0, 0.1) is 18.6 Å². The first-order valence-electron chi connectivity index (χ1n) is 7.86. The summed E-state index contributed by atoms with van der Waals surface area (Å²) in [6, 6.07) is 9.19. The van der Waals surface area contributed by atoms with Crippen LogP contribution < -0.4 is 10.2 Å². The summed E-state index contributed by atoms with van der Waals surface area (Å²) in [5.41, 5.74) is 1.95. The van der Waals surface area contributed by atoms with Crippen molar-refractivity contribution in [3.63, 3.8) is 0 Å². The minimum absolute atomic E-state index is 0.0232. The summed E-state index contributed by atoms with van der Waals surface area (Å²) in [5.74, 6) is -1.45. The molecule has 0 saturated heterocycles. The molecule has 0 aliphatic rings. The standard InChI is InChI=1S/C19H16BrF2N3O/c1-11-9-12(20)3-6-15(11)24-17(26)10-25(2)16-7-8-23-19-14(22)5-4-13(21)18(16)19/h3-9H,10H2,1-2H3,(H,24,26). The number of amides is 1. The molecular formula is C19H16BrF2N3O. The topological polar surface area (TPSA) is 45.2 Å². The number of rotatable bonds is 4. The van der Waals surface area contributed by atoms with Crippen LogP contribution in [0.2, 0.25) is 0 Å². The number of halogens is 3. The van der Waals surface area contributed by atoms with E-state index in [0.29, 0.717) is 11.4 Å². The number of fused-ring (bicyclic) bond motifs is 1. The molecule has 0 spiro atoms. The minimum atomic E-state index is -0.605. The molecule has 0 bridgehead atoms. The van der Waals surface area contributed by atoms with E-state index in [2.05, 4.69) is 26.2 Å². The fraction of sp³-hybridized carbons (Fsp3) is 0.158. The number of pyridine rings is 1. The first-order chi connectivity index (χ1) is 12.4. The first-order valence-corrected chi connectivity index (χ1v) is 8.66. The van der Waals surface area contributed by atoms with E-state index in [9.17, 15) is 13.6 Å². The number of nitrogens with zero attached hydrogens (tertiary/aromatic N) is 2. The molecule has 3 rings (SSSR count). The number of nitrogens with one attached hydrogen (secondary N) is 1. The summed E-state index contributed by atoms with van der Waals surface area (Å²) in [6.45, 7) is 1.86. The van der Waals surface area contributed by atoms with E-state index in [1.54, 1.807) is 24.1 Å². The maximum Gasteiger partial charge on any atom is 0.243 e. The van der Waals surface area contributed by atoms with Crippen LogP contribution in [0.5, 0.6) is 0 Å². The smallest absolute Gasteiger partial charge is 0.243 e. The van der Waals surface area contributed by atoms with E-state index >= 15 is 0 Å². The van der Waals surface area contributed by atoms with Gasteiger partial charge >= 0.3 is 0 Å². The van der Waals surface area contributed by atoms with Gasteiger partial charge in [0.15, 0.2) is 0 Å². The molecule has 0 unspecified atom stereocenters. The summed E-state index contributed by atoms with van der Waals surface area (Å²) in [7, 11) is 1.65. The van der Waals surface area contributed by atoms with Gasteiger partial charge in [0, 0.05) is 23.4 Å². The predicted octanol–water partition coefficient (Wildman–Crippen LogP) is 4.66. The molecule has 1 N–H and O–H groups in total. The highest BCUT2D eigenvalue weighted by Crippen LogP contribution is 2.29. The van der Waals surface area contributed by atoms with Crippen molar-refractivity contribution in [2.45, 2.75) is 6.92 Å². The zero-order chi connectivity index (χ0) is 18.8. The van der Waals surface area contributed by atoms with Crippen molar-refractivity contribution in [1.29, 1.82) is 0 Å². The molecule has 7 heteroatoms. The fourth-order valence-electron chi connectivity index (χ4n) is 2.75. The van der Waals surface area contributed by atoms with Crippen LogP contribution in [-0.2, 0) is 4.79 Å². The Labute approximate surface area is 158 Å². The van der Waals surface area contributed by atoms with E-state index in [4.69, 9.17) is 0 Å². The summed E-state index contributed by atoms with van der Waals surface area (Å²) < 4.78 is 29.1. The number of aryl methyl sites for hydroxylation is 1. The third kappa shape index (κ3) is 3.67. The second kappa shape index (κ2) is 7.37. The van der Waals surface area contributed by atoms with Crippen LogP contribution >= 0.6 is 15.9 Å². The Morgan fingerprint density at radius 1 is 1.19 bits per heavy atom. The van der Waals surface area contributed by atoms with Gasteiger partial charge in [-0.2, -0.15) is 0 Å². The number of hydrogen-bond acceptors (Lipinski definition) is 3. The molecule has 3 aromatic rings. The van der Waals surface area contributed by atoms with Crippen molar-refractivity contribution in [3.05, 3.63) is 64.3 Å². The zero-order valence-electron chi connectivity index (χ0n) is 14.2. The summed E-state index contributed by atoms with van der Waals surface area (Å²) >= 11 is 3.38. The van der Waals surface area contributed by atoms with Crippen molar-refractivity contribution in [1.82, 2.24) is 4.98 Å². The highest BCUT2D eigenvalue weighted by Gasteiger charge is 2.16. The van der Waals surface area contributed by atoms with Crippen LogP contribution in [0.25, 0.3) is 10.9 Å². The van der Waals surface area contributed by atoms with Crippen molar-refractivity contribution < 1.29 is 13.6 Å². The van der Waals surface area contributed by atoms with Crippen LogP contribution in [0.1, 0.15) is 5.56 Å². The van der Waals surface area contributed by atoms with E-state index in [0.717, 1.165) is 22.2 Å². The number of likely N-dealkylation sites (N-methyl/N-ethyl adjacent to an activating group) is 1. The molecule has 0 aliphatic carbocycles. The van der Waals surface area contributed by atoms with Crippen LogP contribution in [0.3, 0.4) is 0 Å². The maximum absolute atomic E-state index is 14.2. The van der Waals surface area contributed by atoms with E-state index in [1.807, 2.05) is 19.1 Å². The molecule has 4 nitrogen and oxygen atoms in total. The molecule has 2 aromatic carbocycles. The molecule has 1 amide bonds. The van der Waals surface area contributed by atoms with Gasteiger partial charge in [0.25, 0.3) is 0 Å². The SMILES string of the molecule is Cc1cc(Br)ccc1NC(=O)CN(C)c1ccnc2c(F)ccc(F)c12. The van der Waals surface area contributed by atoms with Gasteiger partial charge in [-0.25, -0.2) is 8.78 Å². The fourth-order valence-corrected chi connectivity index (χ4v) is 3.23. The van der Waals surface area contributed by atoms with E-state index in [-0.39, 0.29) is 23.4 Å². The zero-order valence-corrected chi connectivity index (χ0v) is 15.8. The lowest BCUT2D eigenvalue weighted by Crippen LogP contribution is -2.30. The van der Waals surface area contributed by atoms with Crippen molar-refractivity contribution in [2.24, 2.45) is 0 Å². The Bertz CT molecular complexity index is 994. The molecule has 0 radical (unpaired) electrons. The van der Waals surface area contributed by atoms with Gasteiger partial charge in [-0.05, 0) is 48.9 Å². The molecular weight excluding hydrogens is 404 g/mol. The third-order valence-corrected chi connectivity index (χ3v) is 4.52. The minimum Gasteiger partial charge on any atom is -0.365 e. The maximum atomic E-state index is 14.2.